The molecule has 172 valence electrons. The number of benzene rings is 1. The molecule has 0 spiro atoms. The summed E-state index contributed by atoms with van der Waals surface area (Å²) in [7, 11) is 3.83. The Morgan fingerprint density at radius 1 is 1.15 bits per heavy atom. The van der Waals surface area contributed by atoms with Crippen molar-refractivity contribution < 1.29 is 14.2 Å². The van der Waals surface area contributed by atoms with Crippen molar-refractivity contribution >= 4 is 35.0 Å². The van der Waals surface area contributed by atoms with Gasteiger partial charge in [0, 0.05) is 69.0 Å². The van der Waals surface area contributed by atoms with Gasteiger partial charge in [0.2, 0.25) is 0 Å². The Morgan fingerprint density at radius 3 is 2.70 bits per heavy atom. The zero-order chi connectivity index (χ0) is 23.2. The maximum atomic E-state index is 14.1. The Kier molecular flexibility index (Phi) is 6.94. The van der Waals surface area contributed by atoms with Crippen molar-refractivity contribution in [3.63, 3.8) is 0 Å². The van der Waals surface area contributed by atoms with Gasteiger partial charge in [-0.15, -0.1) is 0 Å². The number of aliphatic imine (C=N–C) groups is 1. The third kappa shape index (κ3) is 5.92. The normalized spacial score (nSPS) is 14.0. The average molecular weight is 452 g/mol. The van der Waals surface area contributed by atoms with Crippen LogP contribution in [0.4, 0.5) is 33.2 Å². The number of pyridine rings is 1. The van der Waals surface area contributed by atoms with Crippen LogP contribution in [-0.2, 0) is 11.2 Å². The first-order valence-corrected chi connectivity index (χ1v) is 10.6. The molecule has 0 unspecified atom stereocenters. The molecule has 0 radical (unpaired) electrons. The third-order valence-electron chi connectivity index (χ3n) is 5.06. The Balaban J connectivity index is 1.38. The van der Waals surface area contributed by atoms with E-state index in [9.17, 15) is 9.50 Å². The second-order valence-electron chi connectivity index (χ2n) is 7.75. The number of halogens is 1. The first kappa shape index (κ1) is 22.4. The minimum atomic E-state index is -0.468. The van der Waals surface area contributed by atoms with Gasteiger partial charge in [-0.1, -0.05) is 0 Å². The molecule has 1 aliphatic rings. The monoisotopic (exact) mass is 451 g/mol. The van der Waals surface area contributed by atoms with Crippen LogP contribution in [0.15, 0.2) is 47.7 Å². The molecule has 0 atom stereocenters. The molecule has 10 heteroatoms. The Labute approximate surface area is 191 Å². The van der Waals surface area contributed by atoms with Crippen molar-refractivity contribution in [1.29, 1.82) is 0 Å². The van der Waals surface area contributed by atoms with Gasteiger partial charge in [-0.3, -0.25) is 4.98 Å². The first-order chi connectivity index (χ1) is 16.0. The van der Waals surface area contributed by atoms with Gasteiger partial charge in [0.25, 0.3) is 5.95 Å². The second kappa shape index (κ2) is 10.2. The molecule has 0 aliphatic carbocycles. The molecule has 1 fully saturated rings. The fraction of sp³-hybridized carbons (Fsp3) is 0.304. The molecule has 3 aromatic rings. The van der Waals surface area contributed by atoms with E-state index in [0.717, 1.165) is 29.0 Å². The number of aromatic nitrogens is 3. The van der Waals surface area contributed by atoms with Crippen LogP contribution in [0.2, 0.25) is 0 Å². The van der Waals surface area contributed by atoms with Crippen LogP contribution < -0.4 is 15.1 Å². The highest BCUT2D eigenvalue weighted by atomic mass is 19.1. The van der Waals surface area contributed by atoms with E-state index in [1.807, 2.05) is 42.1 Å². The summed E-state index contributed by atoms with van der Waals surface area (Å²) in [6, 6.07) is 9.07. The number of morpholine rings is 1. The molecule has 0 saturated carbocycles. The lowest BCUT2D eigenvalue weighted by atomic mass is 10.2. The average Bonchev–Trinajstić information content (AvgIpc) is 2.81. The van der Waals surface area contributed by atoms with Crippen LogP contribution >= 0.6 is 0 Å². The third-order valence-corrected chi connectivity index (χ3v) is 5.06. The number of hydrogen-bond donors (Lipinski definition) is 2. The summed E-state index contributed by atoms with van der Waals surface area (Å²) < 4.78 is 19.4. The summed E-state index contributed by atoms with van der Waals surface area (Å²) in [5, 5.41) is 13.2. The molecule has 1 aliphatic heterocycles. The Bertz CT molecular complexity index is 1120. The van der Waals surface area contributed by atoms with Crippen molar-refractivity contribution in [3.8, 4) is 5.75 Å². The van der Waals surface area contributed by atoms with Crippen molar-refractivity contribution in [1.82, 2.24) is 15.0 Å². The standard InChI is InChI=1S/C23H26FN7O2/c1-30(2)19-11-18(12-20(32)13-19)28-17-4-3-16(26-14-17)5-6-25-23-27-15-21(24)22(29-23)31-7-9-33-10-8-31/h3-4,6,11-15,28,32H,5,7-10H2,1-2H3. The van der Waals surface area contributed by atoms with Crippen LogP contribution in [-0.4, -0.2) is 66.7 Å². The van der Waals surface area contributed by atoms with Gasteiger partial charge >= 0.3 is 0 Å². The van der Waals surface area contributed by atoms with Gasteiger partial charge in [0.1, 0.15) is 5.75 Å². The van der Waals surface area contributed by atoms with E-state index in [0.29, 0.717) is 32.7 Å². The minimum absolute atomic E-state index is 0.185. The SMILES string of the molecule is CN(C)c1cc(O)cc(Nc2ccc(CC=Nc3ncc(F)c(N4CCOCC4)n3)nc2)c1. The molecule has 1 saturated heterocycles. The minimum Gasteiger partial charge on any atom is -0.508 e. The largest absolute Gasteiger partial charge is 0.508 e. The molecule has 1 aromatic carbocycles. The number of nitrogens with zero attached hydrogens (tertiary/aromatic N) is 6. The lowest BCUT2D eigenvalue weighted by Gasteiger charge is -2.27. The van der Waals surface area contributed by atoms with Crippen LogP contribution in [0.25, 0.3) is 0 Å². The smallest absolute Gasteiger partial charge is 0.251 e. The number of phenolic OH excluding ortho intramolecular Hbond substituents is 1. The summed E-state index contributed by atoms with van der Waals surface area (Å²) in [5.74, 6) is 0.171. The van der Waals surface area contributed by atoms with Gasteiger partial charge in [-0.2, -0.15) is 4.98 Å². The van der Waals surface area contributed by atoms with E-state index >= 15 is 0 Å². The predicted octanol–water partition coefficient (Wildman–Crippen LogP) is 3.31. The molecular weight excluding hydrogens is 425 g/mol. The van der Waals surface area contributed by atoms with Crippen LogP contribution in [0.5, 0.6) is 5.75 Å². The molecule has 4 rings (SSSR count). The first-order valence-electron chi connectivity index (χ1n) is 10.6. The Morgan fingerprint density at radius 2 is 1.97 bits per heavy atom. The van der Waals surface area contributed by atoms with Gasteiger partial charge < -0.3 is 25.0 Å². The maximum Gasteiger partial charge on any atom is 0.251 e. The van der Waals surface area contributed by atoms with E-state index in [1.54, 1.807) is 24.5 Å². The highest BCUT2D eigenvalue weighted by Gasteiger charge is 2.17. The van der Waals surface area contributed by atoms with Crippen molar-refractivity contribution in [2.24, 2.45) is 4.99 Å². The van der Waals surface area contributed by atoms with E-state index in [1.165, 1.54) is 0 Å². The zero-order valence-corrected chi connectivity index (χ0v) is 18.6. The number of anilines is 4. The number of ether oxygens (including phenoxy) is 1. The molecule has 0 amide bonds. The molecule has 0 bridgehead atoms. The fourth-order valence-electron chi connectivity index (χ4n) is 3.34. The number of rotatable bonds is 7. The number of phenols is 1. The molecule has 9 nitrogen and oxygen atoms in total. The van der Waals surface area contributed by atoms with Crippen LogP contribution in [0.1, 0.15) is 5.69 Å². The maximum absolute atomic E-state index is 14.1. The quantitative estimate of drug-likeness (QED) is 0.528. The van der Waals surface area contributed by atoms with Gasteiger partial charge in [0.05, 0.1) is 31.3 Å². The Hall–Kier alpha value is -3.79. The molecule has 2 aromatic heterocycles. The van der Waals surface area contributed by atoms with E-state index in [4.69, 9.17) is 4.74 Å². The fourth-order valence-corrected chi connectivity index (χ4v) is 3.34. The molecular formula is C23H26FN7O2. The summed E-state index contributed by atoms with van der Waals surface area (Å²) in [6.07, 6.45) is 4.99. The summed E-state index contributed by atoms with van der Waals surface area (Å²) in [5.41, 5.74) is 3.25. The number of nitrogens with one attached hydrogen (secondary N) is 1. The molecule has 33 heavy (non-hydrogen) atoms. The van der Waals surface area contributed by atoms with Gasteiger partial charge in [0.15, 0.2) is 11.6 Å². The van der Waals surface area contributed by atoms with Crippen molar-refractivity contribution in [2.45, 2.75) is 6.42 Å². The second-order valence-corrected chi connectivity index (χ2v) is 7.75. The topological polar surface area (TPSA) is 99.0 Å². The van der Waals surface area contributed by atoms with Gasteiger partial charge in [-0.05, 0) is 18.2 Å². The number of aromatic hydroxyl groups is 1. The van der Waals surface area contributed by atoms with Crippen LogP contribution in [0, 0.1) is 5.82 Å². The van der Waals surface area contributed by atoms with Gasteiger partial charge in [-0.25, -0.2) is 14.4 Å². The van der Waals surface area contributed by atoms with Crippen molar-refractivity contribution in [2.75, 3.05) is 55.5 Å². The summed E-state index contributed by atoms with van der Waals surface area (Å²) in [4.78, 5) is 20.7. The van der Waals surface area contributed by atoms with E-state index in [2.05, 4.69) is 25.3 Å². The summed E-state index contributed by atoms with van der Waals surface area (Å²) >= 11 is 0. The van der Waals surface area contributed by atoms with E-state index in [-0.39, 0.29) is 17.5 Å². The van der Waals surface area contributed by atoms with Crippen molar-refractivity contribution in [3.05, 3.63) is 54.2 Å². The predicted molar refractivity (Wildman–Crippen MR) is 127 cm³/mol. The lowest BCUT2D eigenvalue weighted by Crippen LogP contribution is -2.37. The molecule has 3 heterocycles. The summed E-state index contributed by atoms with van der Waals surface area (Å²) in [6.45, 7) is 2.25. The molecule has 2 N–H and O–H groups in total. The highest BCUT2D eigenvalue weighted by molar-refractivity contribution is 5.68. The zero-order valence-electron chi connectivity index (χ0n) is 18.6. The number of hydrogen-bond acceptors (Lipinski definition) is 9. The van der Waals surface area contributed by atoms with Crippen LogP contribution in [0.3, 0.4) is 0 Å². The van der Waals surface area contributed by atoms with E-state index < -0.39 is 5.82 Å². The highest BCUT2D eigenvalue weighted by Crippen LogP contribution is 2.27. The lowest BCUT2D eigenvalue weighted by molar-refractivity contribution is 0.122.